The fourth-order valence-corrected chi connectivity index (χ4v) is 2.80. The number of likely N-dealkylation sites (N-methyl/N-ethyl adjacent to an activating group) is 1. The second kappa shape index (κ2) is 8.44. The summed E-state index contributed by atoms with van der Waals surface area (Å²) >= 11 is 0. The molecule has 4 heteroatoms. The molecule has 2 nitrogen and oxygen atoms in total. The van der Waals surface area contributed by atoms with Crippen molar-refractivity contribution in [1.29, 1.82) is 0 Å². The molecule has 0 bridgehead atoms. The van der Waals surface area contributed by atoms with Gasteiger partial charge in [-0.15, -0.1) is 0 Å². The van der Waals surface area contributed by atoms with Crippen LogP contribution in [0, 0.1) is 17.6 Å². The van der Waals surface area contributed by atoms with Crippen LogP contribution in [0.2, 0.25) is 0 Å². The highest BCUT2D eigenvalue weighted by molar-refractivity contribution is 5.20. The first-order chi connectivity index (χ1) is 9.90. The highest BCUT2D eigenvalue weighted by atomic mass is 19.2. The van der Waals surface area contributed by atoms with Crippen molar-refractivity contribution in [3.8, 4) is 0 Å². The summed E-state index contributed by atoms with van der Waals surface area (Å²) in [7, 11) is 4.18. The summed E-state index contributed by atoms with van der Waals surface area (Å²) in [6, 6.07) is 4.53. The van der Waals surface area contributed by atoms with Crippen LogP contribution >= 0.6 is 0 Å². The molecule has 0 aliphatic heterocycles. The highest BCUT2D eigenvalue weighted by Crippen LogP contribution is 2.19. The fraction of sp³-hybridized carbons (Fsp3) is 0.647. The molecule has 0 heterocycles. The van der Waals surface area contributed by atoms with Gasteiger partial charge in [-0.25, -0.2) is 8.78 Å². The van der Waals surface area contributed by atoms with Gasteiger partial charge in [-0.3, -0.25) is 0 Å². The summed E-state index contributed by atoms with van der Waals surface area (Å²) in [4.78, 5) is 2.24. The van der Waals surface area contributed by atoms with Crippen molar-refractivity contribution in [2.45, 2.75) is 45.7 Å². The third-order valence-corrected chi connectivity index (χ3v) is 4.33. The molecule has 0 saturated carbocycles. The van der Waals surface area contributed by atoms with Crippen LogP contribution in [0.5, 0.6) is 0 Å². The zero-order chi connectivity index (χ0) is 16.0. The number of halogens is 2. The smallest absolute Gasteiger partial charge is 0.159 e. The first kappa shape index (κ1) is 18.1. The fourth-order valence-electron chi connectivity index (χ4n) is 2.80. The molecule has 2 unspecified atom stereocenters. The van der Waals surface area contributed by atoms with Gasteiger partial charge in [0.15, 0.2) is 11.6 Å². The van der Waals surface area contributed by atoms with Gasteiger partial charge in [-0.05, 0) is 44.6 Å². The molecule has 0 aliphatic carbocycles. The van der Waals surface area contributed by atoms with Crippen molar-refractivity contribution >= 4 is 0 Å². The van der Waals surface area contributed by atoms with E-state index in [9.17, 15) is 8.78 Å². The molecular formula is C17H28F2N2. The summed E-state index contributed by atoms with van der Waals surface area (Å²) in [6.45, 7) is 7.23. The van der Waals surface area contributed by atoms with Gasteiger partial charge < -0.3 is 10.2 Å². The second-order valence-corrected chi connectivity index (χ2v) is 5.91. The number of rotatable bonds is 8. The van der Waals surface area contributed by atoms with Gasteiger partial charge in [0.25, 0.3) is 0 Å². The molecule has 1 rings (SSSR count). The van der Waals surface area contributed by atoms with E-state index >= 15 is 0 Å². The summed E-state index contributed by atoms with van der Waals surface area (Å²) < 4.78 is 26.3. The Labute approximate surface area is 127 Å². The van der Waals surface area contributed by atoms with Crippen LogP contribution < -0.4 is 5.32 Å². The average Bonchev–Trinajstić information content (AvgIpc) is 2.45. The van der Waals surface area contributed by atoms with Crippen LogP contribution in [0.1, 0.15) is 45.2 Å². The minimum atomic E-state index is -0.797. The summed E-state index contributed by atoms with van der Waals surface area (Å²) in [6.07, 6.45) is 2.28. The number of hydrogen-bond donors (Lipinski definition) is 1. The SMILES string of the molecule is CCC(CC)C(CNC(C)c1ccc(F)c(F)c1)N(C)C. The van der Waals surface area contributed by atoms with E-state index in [-0.39, 0.29) is 6.04 Å². The summed E-state index contributed by atoms with van der Waals surface area (Å²) in [5.74, 6) is -0.955. The molecule has 0 saturated heterocycles. The third-order valence-electron chi connectivity index (χ3n) is 4.33. The Morgan fingerprint density at radius 1 is 1.10 bits per heavy atom. The topological polar surface area (TPSA) is 15.3 Å². The van der Waals surface area contributed by atoms with Gasteiger partial charge in [0.05, 0.1) is 0 Å². The van der Waals surface area contributed by atoms with Crippen LogP contribution in [-0.2, 0) is 0 Å². The van der Waals surface area contributed by atoms with Crippen molar-refractivity contribution in [3.63, 3.8) is 0 Å². The maximum atomic E-state index is 13.3. The van der Waals surface area contributed by atoms with Crippen LogP contribution in [0.4, 0.5) is 8.78 Å². The zero-order valence-electron chi connectivity index (χ0n) is 13.8. The molecule has 0 radical (unpaired) electrons. The number of hydrogen-bond acceptors (Lipinski definition) is 2. The minimum Gasteiger partial charge on any atom is -0.309 e. The highest BCUT2D eigenvalue weighted by Gasteiger charge is 2.21. The van der Waals surface area contributed by atoms with Crippen molar-refractivity contribution in [3.05, 3.63) is 35.4 Å². The van der Waals surface area contributed by atoms with Crippen LogP contribution in [0.3, 0.4) is 0 Å². The molecule has 0 spiro atoms. The Morgan fingerprint density at radius 3 is 2.19 bits per heavy atom. The molecule has 21 heavy (non-hydrogen) atoms. The quantitative estimate of drug-likeness (QED) is 0.781. The molecule has 0 aliphatic rings. The van der Waals surface area contributed by atoms with Gasteiger partial charge in [0.2, 0.25) is 0 Å². The van der Waals surface area contributed by atoms with E-state index in [1.807, 2.05) is 6.92 Å². The minimum absolute atomic E-state index is 0.00286. The lowest BCUT2D eigenvalue weighted by Gasteiger charge is -2.32. The third kappa shape index (κ3) is 5.04. The van der Waals surface area contributed by atoms with E-state index in [0.29, 0.717) is 12.0 Å². The number of nitrogens with zero attached hydrogens (tertiary/aromatic N) is 1. The Hall–Kier alpha value is -1.00. The molecule has 120 valence electrons. The average molecular weight is 298 g/mol. The van der Waals surface area contributed by atoms with Crippen molar-refractivity contribution in [2.24, 2.45) is 5.92 Å². The first-order valence-electron chi connectivity index (χ1n) is 7.75. The maximum absolute atomic E-state index is 13.3. The zero-order valence-corrected chi connectivity index (χ0v) is 13.8. The summed E-state index contributed by atoms with van der Waals surface area (Å²) in [5.41, 5.74) is 0.774. The molecule has 0 amide bonds. The Morgan fingerprint density at radius 2 is 1.71 bits per heavy atom. The van der Waals surface area contributed by atoms with Gasteiger partial charge >= 0.3 is 0 Å². The predicted octanol–water partition coefficient (Wildman–Crippen LogP) is 3.98. The largest absolute Gasteiger partial charge is 0.309 e. The standard InChI is InChI=1S/C17H28F2N2/c1-6-13(7-2)17(21(4)5)11-20-12(3)14-8-9-15(18)16(19)10-14/h8-10,12-13,17,20H,6-7,11H2,1-5H3. The first-order valence-corrected chi connectivity index (χ1v) is 7.75. The Balaban J connectivity index is 2.68. The van der Waals surface area contributed by atoms with Crippen LogP contribution in [0.15, 0.2) is 18.2 Å². The van der Waals surface area contributed by atoms with Crippen molar-refractivity contribution in [2.75, 3.05) is 20.6 Å². The lowest BCUT2D eigenvalue weighted by Crippen LogP contribution is -2.43. The van der Waals surface area contributed by atoms with Gasteiger partial charge in [0, 0.05) is 18.6 Å². The number of benzene rings is 1. The molecule has 1 aromatic rings. The predicted molar refractivity (Wildman–Crippen MR) is 84.3 cm³/mol. The van der Waals surface area contributed by atoms with Gasteiger partial charge in [-0.1, -0.05) is 32.8 Å². The molecule has 1 aromatic carbocycles. The molecule has 2 atom stereocenters. The van der Waals surface area contributed by atoms with E-state index in [1.54, 1.807) is 6.07 Å². The maximum Gasteiger partial charge on any atom is 0.159 e. The van der Waals surface area contributed by atoms with Crippen molar-refractivity contribution < 1.29 is 8.78 Å². The number of nitrogens with one attached hydrogen (secondary N) is 1. The molecular weight excluding hydrogens is 270 g/mol. The van der Waals surface area contributed by atoms with E-state index < -0.39 is 11.6 Å². The Bertz CT molecular complexity index is 431. The van der Waals surface area contributed by atoms with Gasteiger partial charge in [-0.2, -0.15) is 0 Å². The summed E-state index contributed by atoms with van der Waals surface area (Å²) in [5, 5.41) is 3.45. The van der Waals surface area contributed by atoms with E-state index in [0.717, 1.165) is 24.9 Å². The normalized spacial score (nSPS) is 14.7. The Kier molecular flexibility index (Phi) is 7.26. The monoisotopic (exact) mass is 298 g/mol. The van der Waals surface area contributed by atoms with Crippen molar-refractivity contribution in [1.82, 2.24) is 10.2 Å². The lowest BCUT2D eigenvalue weighted by atomic mass is 9.93. The van der Waals surface area contributed by atoms with Crippen LogP contribution in [0.25, 0.3) is 0 Å². The lowest BCUT2D eigenvalue weighted by molar-refractivity contribution is 0.190. The van der Waals surface area contributed by atoms with E-state index in [2.05, 4.69) is 38.2 Å². The molecule has 0 aromatic heterocycles. The van der Waals surface area contributed by atoms with E-state index in [4.69, 9.17) is 0 Å². The second-order valence-electron chi connectivity index (χ2n) is 5.91. The van der Waals surface area contributed by atoms with E-state index in [1.165, 1.54) is 12.1 Å². The molecule has 0 fully saturated rings. The molecule has 1 N–H and O–H groups in total. The van der Waals surface area contributed by atoms with Crippen LogP contribution in [-0.4, -0.2) is 31.6 Å². The van der Waals surface area contributed by atoms with Gasteiger partial charge in [0.1, 0.15) is 0 Å².